The summed E-state index contributed by atoms with van der Waals surface area (Å²) in [5.41, 5.74) is 4.22. The quantitative estimate of drug-likeness (QED) is 0.245. The number of hydrogen-bond donors (Lipinski definition) is 1. The molecule has 0 aliphatic carbocycles. The van der Waals surface area contributed by atoms with Crippen LogP contribution >= 0.6 is 39.0 Å². The number of anilines is 2. The monoisotopic (exact) mass is 610 g/mol. The minimum Gasteiger partial charge on any atom is -0.368 e. The van der Waals surface area contributed by atoms with Crippen molar-refractivity contribution in [1.29, 1.82) is 0 Å². The molecule has 10 heteroatoms. The maximum Gasteiger partial charge on any atom is 0.253 e. The lowest BCUT2D eigenvalue weighted by Gasteiger charge is -2.36. The van der Waals surface area contributed by atoms with E-state index < -0.39 is 0 Å². The van der Waals surface area contributed by atoms with Crippen LogP contribution in [0.25, 0.3) is 11.3 Å². The van der Waals surface area contributed by atoms with Crippen molar-refractivity contribution < 1.29 is 14.0 Å². The third-order valence-electron chi connectivity index (χ3n) is 6.12. The molecule has 0 spiro atoms. The predicted molar refractivity (Wildman–Crippen MR) is 156 cm³/mol. The summed E-state index contributed by atoms with van der Waals surface area (Å²) in [6, 6.07) is 21.4. The molecule has 2 heterocycles. The molecule has 3 aromatic carbocycles. The second-order valence-electron chi connectivity index (χ2n) is 8.68. The molecular formula is C28H24BrFN4O2S2. The molecule has 0 unspecified atom stereocenters. The number of piperazine rings is 1. The van der Waals surface area contributed by atoms with Crippen molar-refractivity contribution in [3.63, 3.8) is 0 Å². The van der Waals surface area contributed by atoms with Gasteiger partial charge in [0, 0.05) is 58.5 Å². The Kier molecular flexibility index (Phi) is 8.41. The molecule has 1 aliphatic rings. The summed E-state index contributed by atoms with van der Waals surface area (Å²) >= 11 is 6.39. The van der Waals surface area contributed by atoms with Gasteiger partial charge >= 0.3 is 0 Å². The molecule has 0 bridgehead atoms. The third-order valence-corrected chi connectivity index (χ3v) is 8.67. The van der Waals surface area contributed by atoms with Crippen molar-refractivity contribution in [2.45, 2.75) is 4.34 Å². The normalized spacial score (nSPS) is 13.4. The number of carbonyl (C=O) groups is 2. The molecule has 38 heavy (non-hydrogen) atoms. The maximum atomic E-state index is 13.1. The Labute approximate surface area is 237 Å². The molecule has 0 radical (unpaired) electrons. The molecule has 0 saturated carbocycles. The van der Waals surface area contributed by atoms with E-state index in [9.17, 15) is 14.0 Å². The molecule has 1 fully saturated rings. The summed E-state index contributed by atoms with van der Waals surface area (Å²) in [5, 5.41) is 4.95. The molecule has 6 nitrogen and oxygen atoms in total. The Morgan fingerprint density at radius 2 is 1.63 bits per heavy atom. The van der Waals surface area contributed by atoms with Crippen LogP contribution in [-0.2, 0) is 4.79 Å². The maximum absolute atomic E-state index is 13.1. The highest BCUT2D eigenvalue weighted by Crippen LogP contribution is 2.29. The number of benzene rings is 3. The summed E-state index contributed by atoms with van der Waals surface area (Å²) in [6.07, 6.45) is 0. The van der Waals surface area contributed by atoms with E-state index in [1.54, 1.807) is 4.90 Å². The van der Waals surface area contributed by atoms with Crippen molar-refractivity contribution in [3.05, 3.63) is 94.0 Å². The first-order valence-electron chi connectivity index (χ1n) is 12.0. The number of nitrogens with one attached hydrogen (secondary N) is 1. The van der Waals surface area contributed by atoms with Gasteiger partial charge in [0.25, 0.3) is 5.91 Å². The van der Waals surface area contributed by atoms with Crippen LogP contribution in [0, 0.1) is 5.82 Å². The number of rotatable bonds is 7. The topological polar surface area (TPSA) is 65.5 Å². The fourth-order valence-electron chi connectivity index (χ4n) is 4.10. The first-order chi connectivity index (χ1) is 18.4. The van der Waals surface area contributed by atoms with Gasteiger partial charge in [-0.15, -0.1) is 11.3 Å². The van der Waals surface area contributed by atoms with Crippen molar-refractivity contribution >= 4 is 62.2 Å². The van der Waals surface area contributed by atoms with Crippen LogP contribution in [0.1, 0.15) is 10.4 Å². The van der Waals surface area contributed by atoms with Crippen LogP contribution in [0.15, 0.2) is 87.0 Å². The first-order valence-corrected chi connectivity index (χ1v) is 14.6. The third kappa shape index (κ3) is 6.61. The lowest BCUT2D eigenvalue weighted by Crippen LogP contribution is -2.48. The van der Waals surface area contributed by atoms with E-state index in [1.807, 2.05) is 53.9 Å². The van der Waals surface area contributed by atoms with Crippen molar-refractivity contribution in [2.24, 2.45) is 0 Å². The minimum absolute atomic E-state index is 0.0807. The van der Waals surface area contributed by atoms with Gasteiger partial charge in [0.15, 0.2) is 4.34 Å². The summed E-state index contributed by atoms with van der Waals surface area (Å²) in [5.74, 6) is -0.242. The van der Waals surface area contributed by atoms with Gasteiger partial charge in [-0.2, -0.15) is 0 Å². The highest BCUT2D eigenvalue weighted by atomic mass is 79.9. The van der Waals surface area contributed by atoms with Gasteiger partial charge in [-0.3, -0.25) is 9.59 Å². The van der Waals surface area contributed by atoms with Crippen LogP contribution < -0.4 is 10.2 Å². The molecule has 2 amide bonds. The van der Waals surface area contributed by atoms with Crippen LogP contribution in [0.4, 0.5) is 15.8 Å². The highest BCUT2D eigenvalue weighted by Gasteiger charge is 2.22. The van der Waals surface area contributed by atoms with Crippen molar-refractivity contribution in [1.82, 2.24) is 9.88 Å². The Balaban J connectivity index is 1.08. The predicted octanol–water partition coefficient (Wildman–Crippen LogP) is 6.40. The Hall–Kier alpha value is -3.21. The lowest BCUT2D eigenvalue weighted by atomic mass is 10.1. The van der Waals surface area contributed by atoms with E-state index in [0.717, 1.165) is 31.4 Å². The molecule has 1 saturated heterocycles. The van der Waals surface area contributed by atoms with Crippen molar-refractivity contribution in [3.8, 4) is 11.3 Å². The molecule has 1 aliphatic heterocycles. The Bertz CT molecular complexity index is 1400. The lowest BCUT2D eigenvalue weighted by molar-refractivity contribution is -0.113. The molecule has 194 valence electrons. The average molecular weight is 612 g/mol. The smallest absolute Gasteiger partial charge is 0.253 e. The molecule has 4 aromatic rings. The SMILES string of the molecule is O=C(CSc1nc(-c2ccc(Br)cc2)cs1)Nc1ccc(N2CCN(C(=O)c3ccc(F)cc3)CC2)cc1. The second-order valence-corrected chi connectivity index (χ2v) is 11.7. The van der Waals surface area contributed by atoms with Crippen LogP contribution in [0.3, 0.4) is 0 Å². The van der Waals surface area contributed by atoms with Gasteiger partial charge in [-0.1, -0.05) is 39.8 Å². The van der Waals surface area contributed by atoms with Crippen LogP contribution in [-0.4, -0.2) is 53.6 Å². The number of thioether (sulfide) groups is 1. The van der Waals surface area contributed by atoms with Crippen molar-refractivity contribution in [2.75, 3.05) is 42.1 Å². The van der Waals surface area contributed by atoms with Crippen LogP contribution in [0.5, 0.6) is 0 Å². The van der Waals surface area contributed by atoms with Gasteiger partial charge in [0.2, 0.25) is 5.91 Å². The van der Waals surface area contributed by atoms with E-state index in [0.29, 0.717) is 31.7 Å². The molecule has 1 N–H and O–H groups in total. The van der Waals surface area contributed by atoms with E-state index in [2.05, 4.69) is 31.1 Å². The largest absolute Gasteiger partial charge is 0.368 e. The van der Waals surface area contributed by atoms with Gasteiger partial charge < -0.3 is 15.1 Å². The standard InChI is InChI=1S/C28H24BrFN4O2S2/c29-21-5-1-19(2-6-21)25-17-37-28(32-25)38-18-26(35)31-23-9-11-24(12-10-23)33-13-15-34(16-14-33)27(36)20-3-7-22(30)8-4-20/h1-12,17H,13-16,18H2,(H,31,35). The Morgan fingerprint density at radius 1 is 0.947 bits per heavy atom. The number of halogens is 2. The van der Waals surface area contributed by atoms with E-state index in [4.69, 9.17) is 0 Å². The van der Waals surface area contributed by atoms with E-state index in [1.165, 1.54) is 47.4 Å². The highest BCUT2D eigenvalue weighted by molar-refractivity contribution is 9.10. The summed E-state index contributed by atoms with van der Waals surface area (Å²) in [6.45, 7) is 2.58. The zero-order chi connectivity index (χ0) is 26.5. The summed E-state index contributed by atoms with van der Waals surface area (Å²) in [4.78, 5) is 33.8. The summed E-state index contributed by atoms with van der Waals surface area (Å²) in [7, 11) is 0. The minimum atomic E-state index is -0.351. The average Bonchev–Trinajstić information content (AvgIpc) is 3.42. The number of aromatic nitrogens is 1. The summed E-state index contributed by atoms with van der Waals surface area (Å²) < 4.78 is 15.0. The van der Waals surface area contributed by atoms with E-state index in [-0.39, 0.29) is 23.4 Å². The zero-order valence-corrected chi connectivity index (χ0v) is 23.5. The van der Waals surface area contributed by atoms with Gasteiger partial charge in [-0.05, 0) is 60.7 Å². The molecular weight excluding hydrogens is 587 g/mol. The number of hydrogen-bond acceptors (Lipinski definition) is 6. The molecule has 0 atom stereocenters. The van der Waals surface area contributed by atoms with Gasteiger partial charge in [0.05, 0.1) is 11.4 Å². The van der Waals surface area contributed by atoms with E-state index >= 15 is 0 Å². The van der Waals surface area contributed by atoms with Crippen LogP contribution in [0.2, 0.25) is 0 Å². The number of amides is 2. The molecule has 1 aromatic heterocycles. The number of nitrogens with zero attached hydrogens (tertiary/aromatic N) is 3. The zero-order valence-electron chi connectivity index (χ0n) is 20.3. The fourth-order valence-corrected chi connectivity index (χ4v) is 6.00. The fraction of sp³-hybridized carbons (Fsp3) is 0.179. The van der Waals surface area contributed by atoms with Gasteiger partial charge in [0.1, 0.15) is 5.82 Å². The molecule has 5 rings (SSSR count). The number of carbonyl (C=O) groups excluding carboxylic acids is 2. The second kappa shape index (κ2) is 12.1. The van der Waals surface area contributed by atoms with Gasteiger partial charge in [-0.25, -0.2) is 9.37 Å². The number of thiazole rings is 1. The Morgan fingerprint density at radius 3 is 2.32 bits per heavy atom. The first kappa shape index (κ1) is 26.4.